The van der Waals surface area contributed by atoms with E-state index in [0.717, 1.165) is 5.56 Å². The lowest BCUT2D eigenvalue weighted by Gasteiger charge is -2.15. The Morgan fingerprint density at radius 1 is 1.13 bits per heavy atom. The molecule has 0 fully saturated rings. The molecule has 120 valence electrons. The van der Waals surface area contributed by atoms with E-state index in [1.807, 2.05) is 6.07 Å². The van der Waals surface area contributed by atoms with Crippen molar-refractivity contribution in [1.82, 2.24) is 5.32 Å². The molecule has 0 bridgehead atoms. The van der Waals surface area contributed by atoms with Crippen LogP contribution in [0.2, 0.25) is 10.0 Å². The molecule has 0 aliphatic heterocycles. The predicted octanol–water partition coefficient (Wildman–Crippen LogP) is 3.12. The molecule has 0 aromatic heterocycles. The molecule has 2 aromatic rings. The quantitative estimate of drug-likeness (QED) is 0.770. The number of halogens is 2. The summed E-state index contributed by atoms with van der Waals surface area (Å²) in [6.07, 6.45) is 0.108. The Kier molecular flexibility index (Phi) is 5.47. The van der Waals surface area contributed by atoms with Gasteiger partial charge in [0.15, 0.2) is 0 Å². The molecule has 23 heavy (non-hydrogen) atoms. The van der Waals surface area contributed by atoms with E-state index in [2.05, 4.69) is 5.32 Å². The van der Waals surface area contributed by atoms with E-state index in [9.17, 15) is 19.8 Å². The van der Waals surface area contributed by atoms with E-state index >= 15 is 0 Å². The van der Waals surface area contributed by atoms with Gasteiger partial charge in [-0.3, -0.25) is 4.79 Å². The maximum absolute atomic E-state index is 12.2. The van der Waals surface area contributed by atoms with Crippen LogP contribution in [0.3, 0.4) is 0 Å². The van der Waals surface area contributed by atoms with E-state index in [-0.39, 0.29) is 22.0 Å². The van der Waals surface area contributed by atoms with Crippen molar-refractivity contribution in [2.75, 3.05) is 0 Å². The Balaban J connectivity index is 2.20. The van der Waals surface area contributed by atoms with Crippen molar-refractivity contribution < 1.29 is 19.8 Å². The average Bonchev–Trinajstić information content (AvgIpc) is 2.51. The Morgan fingerprint density at radius 3 is 2.39 bits per heavy atom. The fraction of sp³-hybridized carbons (Fsp3) is 0.125. The lowest BCUT2D eigenvalue weighted by Crippen LogP contribution is -2.42. The van der Waals surface area contributed by atoms with Gasteiger partial charge in [-0.2, -0.15) is 0 Å². The van der Waals surface area contributed by atoms with Crippen LogP contribution in [-0.2, 0) is 11.2 Å². The van der Waals surface area contributed by atoms with Crippen LogP contribution in [-0.4, -0.2) is 28.1 Å². The molecule has 0 heterocycles. The standard InChI is InChI=1S/C16H13Cl2NO4/c17-10-7-11(14(20)12(18)8-10)15(21)19-13(16(22)23)6-9-4-2-1-3-5-9/h1-5,7-8,13,20H,6H2,(H,19,21)(H,22,23)/t13-/m1/s1. The normalized spacial score (nSPS) is 11.7. The van der Waals surface area contributed by atoms with Crippen LogP contribution >= 0.6 is 23.2 Å². The molecule has 5 nitrogen and oxygen atoms in total. The number of hydrogen-bond acceptors (Lipinski definition) is 3. The molecule has 0 radical (unpaired) electrons. The van der Waals surface area contributed by atoms with Gasteiger partial charge < -0.3 is 15.5 Å². The number of aromatic hydroxyl groups is 1. The van der Waals surface area contributed by atoms with Gasteiger partial charge in [-0.15, -0.1) is 0 Å². The molecule has 1 atom stereocenters. The molecule has 0 unspecified atom stereocenters. The SMILES string of the molecule is O=C(N[C@H](Cc1ccccc1)C(=O)O)c1cc(Cl)cc(Cl)c1O. The number of rotatable bonds is 5. The fourth-order valence-corrected chi connectivity index (χ4v) is 2.52. The molecular formula is C16H13Cl2NO4. The van der Waals surface area contributed by atoms with Gasteiger partial charge in [0.05, 0.1) is 10.6 Å². The van der Waals surface area contributed by atoms with Gasteiger partial charge >= 0.3 is 5.97 Å². The monoisotopic (exact) mass is 353 g/mol. The van der Waals surface area contributed by atoms with Gasteiger partial charge in [-0.25, -0.2) is 4.79 Å². The average molecular weight is 354 g/mol. The minimum absolute atomic E-state index is 0.0856. The largest absolute Gasteiger partial charge is 0.506 e. The lowest BCUT2D eigenvalue weighted by molar-refractivity contribution is -0.139. The first-order valence-electron chi connectivity index (χ1n) is 6.64. The highest BCUT2D eigenvalue weighted by Gasteiger charge is 2.23. The highest BCUT2D eigenvalue weighted by Crippen LogP contribution is 2.31. The van der Waals surface area contributed by atoms with Crippen LogP contribution in [0.15, 0.2) is 42.5 Å². The first-order chi connectivity index (χ1) is 10.9. The number of nitrogens with one attached hydrogen (secondary N) is 1. The molecule has 1 amide bonds. The van der Waals surface area contributed by atoms with Crippen LogP contribution < -0.4 is 5.32 Å². The summed E-state index contributed by atoms with van der Waals surface area (Å²) in [5, 5.41) is 21.5. The van der Waals surface area contributed by atoms with Crippen molar-refractivity contribution in [3.8, 4) is 5.75 Å². The van der Waals surface area contributed by atoms with Crippen molar-refractivity contribution >= 4 is 35.1 Å². The number of carboxylic acids is 1. The Morgan fingerprint density at radius 2 is 1.78 bits per heavy atom. The van der Waals surface area contributed by atoms with E-state index < -0.39 is 23.7 Å². The number of amides is 1. The third-order valence-electron chi connectivity index (χ3n) is 3.16. The van der Waals surface area contributed by atoms with Crippen LogP contribution in [0.4, 0.5) is 0 Å². The molecular weight excluding hydrogens is 341 g/mol. The summed E-state index contributed by atoms with van der Waals surface area (Å²) in [6, 6.07) is 10.2. The number of phenols is 1. The van der Waals surface area contributed by atoms with E-state index in [4.69, 9.17) is 23.2 Å². The molecule has 0 aliphatic carbocycles. The van der Waals surface area contributed by atoms with Crippen molar-refractivity contribution in [3.63, 3.8) is 0 Å². The van der Waals surface area contributed by atoms with Crippen LogP contribution in [0.25, 0.3) is 0 Å². The Labute approximate surface area is 142 Å². The zero-order chi connectivity index (χ0) is 17.0. The van der Waals surface area contributed by atoms with Gasteiger partial charge in [0.1, 0.15) is 11.8 Å². The summed E-state index contributed by atoms with van der Waals surface area (Å²) in [6.45, 7) is 0. The summed E-state index contributed by atoms with van der Waals surface area (Å²) in [5.74, 6) is -2.40. The van der Waals surface area contributed by atoms with Gasteiger partial charge in [-0.05, 0) is 17.7 Å². The topological polar surface area (TPSA) is 86.6 Å². The van der Waals surface area contributed by atoms with Gasteiger partial charge in [0, 0.05) is 11.4 Å². The molecule has 0 saturated carbocycles. The third-order valence-corrected chi connectivity index (χ3v) is 3.67. The molecule has 2 rings (SSSR count). The minimum Gasteiger partial charge on any atom is -0.506 e. The number of benzene rings is 2. The van der Waals surface area contributed by atoms with Crippen molar-refractivity contribution in [2.24, 2.45) is 0 Å². The Hall–Kier alpha value is -2.24. The third kappa shape index (κ3) is 4.37. The Bertz CT molecular complexity index is 734. The first kappa shape index (κ1) is 17.1. The fourth-order valence-electron chi connectivity index (χ4n) is 2.02. The maximum atomic E-state index is 12.2. The number of carbonyl (C=O) groups excluding carboxylic acids is 1. The second-order valence-electron chi connectivity index (χ2n) is 4.84. The van der Waals surface area contributed by atoms with E-state index in [0.29, 0.717) is 0 Å². The summed E-state index contributed by atoms with van der Waals surface area (Å²) >= 11 is 11.6. The highest BCUT2D eigenvalue weighted by molar-refractivity contribution is 6.36. The van der Waals surface area contributed by atoms with Gasteiger partial charge in [0.2, 0.25) is 0 Å². The zero-order valence-electron chi connectivity index (χ0n) is 11.8. The van der Waals surface area contributed by atoms with Crippen LogP contribution in [0.1, 0.15) is 15.9 Å². The van der Waals surface area contributed by atoms with Gasteiger partial charge in [0.25, 0.3) is 5.91 Å². The second kappa shape index (κ2) is 7.35. The number of phenolic OH excluding ortho intramolecular Hbond substituents is 1. The summed E-state index contributed by atoms with van der Waals surface area (Å²) < 4.78 is 0. The predicted molar refractivity (Wildman–Crippen MR) is 87.2 cm³/mol. The number of aliphatic carboxylic acids is 1. The lowest BCUT2D eigenvalue weighted by atomic mass is 10.1. The molecule has 0 saturated heterocycles. The zero-order valence-corrected chi connectivity index (χ0v) is 13.3. The van der Waals surface area contributed by atoms with E-state index in [1.165, 1.54) is 12.1 Å². The second-order valence-corrected chi connectivity index (χ2v) is 5.68. The molecule has 3 N–H and O–H groups in total. The number of hydrogen-bond donors (Lipinski definition) is 3. The molecule has 7 heteroatoms. The first-order valence-corrected chi connectivity index (χ1v) is 7.39. The van der Waals surface area contributed by atoms with Crippen molar-refractivity contribution in [3.05, 3.63) is 63.6 Å². The molecule has 2 aromatic carbocycles. The molecule has 0 aliphatic rings. The van der Waals surface area contributed by atoms with Crippen LogP contribution in [0.5, 0.6) is 5.75 Å². The molecule has 0 spiro atoms. The minimum atomic E-state index is -1.19. The highest BCUT2D eigenvalue weighted by atomic mass is 35.5. The number of carbonyl (C=O) groups is 2. The smallest absolute Gasteiger partial charge is 0.326 e. The van der Waals surface area contributed by atoms with Gasteiger partial charge in [-0.1, -0.05) is 53.5 Å². The van der Waals surface area contributed by atoms with Crippen molar-refractivity contribution in [1.29, 1.82) is 0 Å². The van der Waals surface area contributed by atoms with E-state index in [1.54, 1.807) is 24.3 Å². The van der Waals surface area contributed by atoms with Crippen LogP contribution in [0, 0.1) is 0 Å². The maximum Gasteiger partial charge on any atom is 0.326 e. The van der Waals surface area contributed by atoms with Crippen molar-refractivity contribution in [2.45, 2.75) is 12.5 Å². The summed E-state index contributed by atoms with van der Waals surface area (Å²) in [4.78, 5) is 23.6. The number of carboxylic acid groups (broad SMARTS) is 1. The summed E-state index contributed by atoms with van der Waals surface area (Å²) in [5.41, 5.74) is 0.579. The summed E-state index contributed by atoms with van der Waals surface area (Å²) in [7, 11) is 0.